The van der Waals surface area contributed by atoms with Crippen LogP contribution in [0.3, 0.4) is 0 Å². The topological polar surface area (TPSA) is 129 Å². The van der Waals surface area contributed by atoms with Crippen molar-refractivity contribution in [3.63, 3.8) is 0 Å². The zero-order chi connectivity index (χ0) is 23.8. The standard InChI is InChI=1S/C21H23N3O7S2/c1-3-30-21(27)18-13(2)17-19(32-18)22-12-23(20(17)26)10-16(25)24(9-15-5-4-7-31-15)14-6-8-33(28,29)11-14/h4-5,7,12,14H,3,6,8-11H2,1-2H3. The lowest BCUT2D eigenvalue weighted by atomic mass is 10.2. The minimum absolute atomic E-state index is 0.0117. The third-order valence-corrected chi connectivity index (χ3v) is 8.49. The number of thiophene rings is 1. The van der Waals surface area contributed by atoms with Crippen molar-refractivity contribution in [1.82, 2.24) is 14.5 Å². The van der Waals surface area contributed by atoms with E-state index >= 15 is 0 Å². The number of aryl methyl sites for hydroxylation is 1. The van der Waals surface area contributed by atoms with Gasteiger partial charge in [0.1, 0.15) is 22.0 Å². The molecule has 1 fully saturated rings. The van der Waals surface area contributed by atoms with Crippen molar-refractivity contribution in [2.24, 2.45) is 0 Å². The van der Waals surface area contributed by atoms with E-state index in [1.165, 1.54) is 22.1 Å². The number of hydrogen-bond acceptors (Lipinski definition) is 9. The van der Waals surface area contributed by atoms with E-state index in [1.807, 2.05) is 0 Å². The number of fused-ring (bicyclic) bond motifs is 1. The fraction of sp³-hybridized carbons (Fsp3) is 0.429. The Kier molecular flexibility index (Phi) is 6.39. The highest BCUT2D eigenvalue weighted by Crippen LogP contribution is 2.27. The molecule has 12 heteroatoms. The monoisotopic (exact) mass is 493 g/mol. The summed E-state index contributed by atoms with van der Waals surface area (Å²) >= 11 is 1.07. The van der Waals surface area contributed by atoms with Gasteiger partial charge in [-0.3, -0.25) is 14.2 Å². The van der Waals surface area contributed by atoms with E-state index in [2.05, 4.69) is 4.98 Å². The first-order valence-corrected chi connectivity index (χ1v) is 13.0. The zero-order valence-electron chi connectivity index (χ0n) is 18.1. The van der Waals surface area contributed by atoms with E-state index in [1.54, 1.807) is 26.0 Å². The van der Waals surface area contributed by atoms with Gasteiger partial charge < -0.3 is 14.1 Å². The first kappa shape index (κ1) is 23.2. The zero-order valence-corrected chi connectivity index (χ0v) is 19.8. The number of amides is 1. The molecule has 1 atom stereocenters. The lowest BCUT2D eigenvalue weighted by molar-refractivity contribution is -0.134. The van der Waals surface area contributed by atoms with E-state index in [9.17, 15) is 22.8 Å². The molecular weight excluding hydrogens is 470 g/mol. The normalized spacial score (nSPS) is 17.3. The maximum atomic E-state index is 13.2. The number of esters is 1. The quantitative estimate of drug-likeness (QED) is 0.455. The maximum absolute atomic E-state index is 13.2. The first-order valence-electron chi connectivity index (χ1n) is 10.4. The predicted molar refractivity (Wildman–Crippen MR) is 121 cm³/mol. The number of hydrogen-bond donors (Lipinski definition) is 0. The number of carbonyl (C=O) groups excluding carboxylic acids is 2. The van der Waals surface area contributed by atoms with Crippen LogP contribution in [0.4, 0.5) is 0 Å². The Morgan fingerprint density at radius 1 is 1.39 bits per heavy atom. The molecule has 33 heavy (non-hydrogen) atoms. The van der Waals surface area contributed by atoms with Gasteiger partial charge in [0.2, 0.25) is 5.91 Å². The van der Waals surface area contributed by atoms with Gasteiger partial charge in [0.05, 0.1) is 42.6 Å². The molecule has 0 aliphatic carbocycles. The number of rotatable bonds is 7. The van der Waals surface area contributed by atoms with Crippen LogP contribution in [0.2, 0.25) is 0 Å². The molecule has 3 aromatic rings. The highest BCUT2D eigenvalue weighted by atomic mass is 32.2. The van der Waals surface area contributed by atoms with Crippen LogP contribution in [-0.4, -0.2) is 58.9 Å². The number of sulfone groups is 1. The lowest BCUT2D eigenvalue weighted by Crippen LogP contribution is -2.43. The van der Waals surface area contributed by atoms with Crippen molar-refractivity contribution in [1.29, 1.82) is 0 Å². The van der Waals surface area contributed by atoms with E-state index in [0.29, 0.717) is 27.5 Å². The molecule has 0 aromatic carbocycles. The summed E-state index contributed by atoms with van der Waals surface area (Å²) in [6, 6.07) is 2.89. The minimum Gasteiger partial charge on any atom is -0.467 e. The summed E-state index contributed by atoms with van der Waals surface area (Å²) in [6.07, 6.45) is 3.07. The van der Waals surface area contributed by atoms with Crippen molar-refractivity contribution in [3.05, 3.63) is 51.3 Å². The van der Waals surface area contributed by atoms with Crippen LogP contribution >= 0.6 is 11.3 Å². The second-order valence-electron chi connectivity index (χ2n) is 7.79. The molecule has 4 heterocycles. The highest BCUT2D eigenvalue weighted by molar-refractivity contribution is 7.91. The molecule has 0 bridgehead atoms. The highest BCUT2D eigenvalue weighted by Gasteiger charge is 2.35. The number of nitrogens with zero attached hydrogens (tertiary/aromatic N) is 3. The van der Waals surface area contributed by atoms with Gasteiger partial charge in [0, 0.05) is 6.04 Å². The molecule has 4 rings (SSSR count). The van der Waals surface area contributed by atoms with Crippen LogP contribution in [-0.2, 0) is 32.5 Å². The van der Waals surface area contributed by atoms with Gasteiger partial charge >= 0.3 is 5.97 Å². The van der Waals surface area contributed by atoms with Crippen molar-refractivity contribution >= 4 is 43.3 Å². The Bertz CT molecular complexity index is 1360. The molecule has 176 valence electrons. The van der Waals surface area contributed by atoms with Crippen molar-refractivity contribution < 1.29 is 27.2 Å². The summed E-state index contributed by atoms with van der Waals surface area (Å²) in [5, 5.41) is 0.263. The van der Waals surface area contributed by atoms with Crippen molar-refractivity contribution in [2.45, 2.75) is 39.4 Å². The summed E-state index contributed by atoms with van der Waals surface area (Å²) in [6.45, 7) is 3.33. The van der Waals surface area contributed by atoms with Gasteiger partial charge in [0.25, 0.3) is 5.56 Å². The van der Waals surface area contributed by atoms with Crippen LogP contribution in [0.15, 0.2) is 33.9 Å². The second-order valence-corrected chi connectivity index (χ2v) is 11.0. The molecule has 0 saturated carbocycles. The Balaban J connectivity index is 1.64. The van der Waals surface area contributed by atoms with Crippen LogP contribution in [0.5, 0.6) is 0 Å². The predicted octanol–water partition coefficient (Wildman–Crippen LogP) is 1.75. The Labute approximate surface area is 193 Å². The van der Waals surface area contributed by atoms with Crippen LogP contribution in [0.1, 0.15) is 34.3 Å². The third-order valence-electron chi connectivity index (χ3n) is 5.56. The molecule has 1 aliphatic rings. The fourth-order valence-electron chi connectivity index (χ4n) is 3.91. The molecule has 0 radical (unpaired) electrons. The van der Waals surface area contributed by atoms with Gasteiger partial charge in [-0.15, -0.1) is 11.3 Å². The molecular formula is C21H23N3O7S2. The minimum atomic E-state index is -3.23. The molecule has 3 aromatic heterocycles. The Hall–Kier alpha value is -2.99. The van der Waals surface area contributed by atoms with E-state index in [-0.39, 0.29) is 36.6 Å². The summed E-state index contributed by atoms with van der Waals surface area (Å²) in [7, 11) is -3.23. The number of ether oxygens (including phenoxy) is 1. The van der Waals surface area contributed by atoms with Crippen LogP contribution < -0.4 is 5.56 Å². The van der Waals surface area contributed by atoms with Gasteiger partial charge in [-0.2, -0.15) is 0 Å². The number of carbonyl (C=O) groups is 2. The Morgan fingerprint density at radius 2 is 2.18 bits per heavy atom. The van der Waals surface area contributed by atoms with Gasteiger partial charge in [0.15, 0.2) is 9.84 Å². The maximum Gasteiger partial charge on any atom is 0.348 e. The molecule has 1 amide bonds. The second kappa shape index (κ2) is 9.10. The smallest absolute Gasteiger partial charge is 0.348 e. The fourth-order valence-corrected chi connectivity index (χ4v) is 6.68. The summed E-state index contributed by atoms with van der Waals surface area (Å²) in [5.41, 5.74) is 0.0108. The molecule has 1 unspecified atom stereocenters. The van der Waals surface area contributed by atoms with E-state index < -0.39 is 33.3 Å². The van der Waals surface area contributed by atoms with E-state index in [4.69, 9.17) is 9.15 Å². The SMILES string of the molecule is CCOC(=O)c1sc2ncn(CC(=O)N(Cc3ccco3)C3CCS(=O)(=O)C3)c(=O)c2c1C. The van der Waals surface area contributed by atoms with E-state index in [0.717, 1.165) is 11.3 Å². The Morgan fingerprint density at radius 3 is 2.82 bits per heavy atom. The molecule has 10 nitrogen and oxygen atoms in total. The van der Waals surface area contributed by atoms with Crippen molar-refractivity contribution in [3.8, 4) is 0 Å². The average molecular weight is 494 g/mol. The van der Waals surface area contributed by atoms with Crippen LogP contribution in [0.25, 0.3) is 10.2 Å². The van der Waals surface area contributed by atoms with Gasteiger partial charge in [-0.1, -0.05) is 0 Å². The summed E-state index contributed by atoms with van der Waals surface area (Å²) in [5.74, 6) is -0.542. The molecule has 0 spiro atoms. The first-order chi connectivity index (χ1) is 15.7. The molecule has 1 aliphatic heterocycles. The number of furan rings is 1. The third kappa shape index (κ3) is 4.71. The van der Waals surface area contributed by atoms with Crippen molar-refractivity contribution in [2.75, 3.05) is 18.1 Å². The van der Waals surface area contributed by atoms with Crippen LogP contribution in [0, 0.1) is 6.92 Å². The van der Waals surface area contributed by atoms with Gasteiger partial charge in [-0.25, -0.2) is 18.2 Å². The number of aromatic nitrogens is 2. The summed E-state index contributed by atoms with van der Waals surface area (Å²) < 4.78 is 35.6. The lowest BCUT2D eigenvalue weighted by Gasteiger charge is -2.27. The average Bonchev–Trinajstić information content (AvgIpc) is 3.48. The molecule has 1 saturated heterocycles. The summed E-state index contributed by atoms with van der Waals surface area (Å²) in [4.78, 5) is 45.0. The van der Waals surface area contributed by atoms with Gasteiger partial charge in [-0.05, 0) is 38.0 Å². The molecule has 0 N–H and O–H groups in total. The largest absolute Gasteiger partial charge is 0.467 e.